The predicted octanol–water partition coefficient (Wildman–Crippen LogP) is 3.90. The average Bonchev–Trinajstić information content (AvgIpc) is 3.01. The molecule has 11 heteroatoms. The van der Waals surface area contributed by atoms with E-state index in [-0.39, 0.29) is 25.0 Å². The van der Waals surface area contributed by atoms with Crippen molar-refractivity contribution in [2.75, 3.05) is 6.61 Å². The number of carbonyl (C=O) groups is 2. The maximum atomic E-state index is 14.0. The van der Waals surface area contributed by atoms with Gasteiger partial charge in [0.1, 0.15) is 23.9 Å². The first-order valence-corrected chi connectivity index (χ1v) is 19.2. The number of aliphatic hydroxyl groups is 4. The van der Waals surface area contributed by atoms with Crippen molar-refractivity contribution in [2.24, 2.45) is 16.7 Å². The van der Waals surface area contributed by atoms with Gasteiger partial charge in [-0.1, -0.05) is 59.7 Å². The van der Waals surface area contributed by atoms with E-state index in [4.69, 9.17) is 18.6 Å². The Morgan fingerprint density at radius 1 is 1.02 bits per heavy atom. The number of fused-ring (bicyclic) bond motifs is 5. The zero-order valence-electron chi connectivity index (χ0n) is 28.4. The van der Waals surface area contributed by atoms with Gasteiger partial charge in [-0.05, 0) is 48.3 Å². The maximum absolute atomic E-state index is 14.0. The molecule has 4 N–H and O–H groups in total. The summed E-state index contributed by atoms with van der Waals surface area (Å²) in [4.78, 5) is 26.9. The summed E-state index contributed by atoms with van der Waals surface area (Å²) in [5, 5.41) is 49.2. The molecule has 3 fully saturated rings. The van der Waals surface area contributed by atoms with Crippen LogP contribution in [-0.4, -0.2) is 95.1 Å². The number of esters is 2. The molecule has 256 valence electrons. The summed E-state index contributed by atoms with van der Waals surface area (Å²) < 4.78 is 25.9. The van der Waals surface area contributed by atoms with E-state index in [9.17, 15) is 30.0 Å². The Bertz CT molecular complexity index is 1350. The Morgan fingerprint density at radius 3 is 2.15 bits per heavy atom. The van der Waals surface area contributed by atoms with Crippen LogP contribution < -0.4 is 0 Å². The first-order chi connectivity index (χ1) is 21.5. The number of ether oxygens (including phenoxy) is 3. The lowest BCUT2D eigenvalue weighted by molar-refractivity contribution is -0.363. The minimum Gasteiger partial charge on any atom is -0.455 e. The zero-order valence-corrected chi connectivity index (χ0v) is 29.4. The largest absolute Gasteiger partial charge is 0.455 e. The molecule has 1 aliphatic heterocycles. The SMILES string of the molecule is CC[Si](CC)(CC)OC1CC2OCC2(OC(C)=O)C2C(OC(=O)c3ccccc3)C3(O)CC(O)C(C)=C(C(O)C(O)[C@]12C)C3(C)C. The van der Waals surface area contributed by atoms with Crippen LogP contribution >= 0.6 is 0 Å². The van der Waals surface area contributed by atoms with Crippen molar-refractivity contribution < 1.29 is 48.7 Å². The highest BCUT2D eigenvalue weighted by atomic mass is 28.4. The lowest BCUT2D eigenvalue weighted by Crippen LogP contribution is -2.82. The summed E-state index contributed by atoms with van der Waals surface area (Å²) in [6.45, 7) is 14.5. The number of hydrogen-bond acceptors (Lipinski definition) is 10. The van der Waals surface area contributed by atoms with Crippen molar-refractivity contribution in [3.8, 4) is 0 Å². The van der Waals surface area contributed by atoms with Crippen LogP contribution in [0.2, 0.25) is 18.1 Å². The number of aliphatic hydroxyl groups excluding tert-OH is 3. The fourth-order valence-electron chi connectivity index (χ4n) is 9.34. The van der Waals surface area contributed by atoms with Gasteiger partial charge in [0.25, 0.3) is 0 Å². The lowest BCUT2D eigenvalue weighted by Gasteiger charge is -2.69. The highest BCUT2D eigenvalue weighted by Crippen LogP contribution is 2.65. The smallest absolute Gasteiger partial charge is 0.338 e. The van der Waals surface area contributed by atoms with Crippen molar-refractivity contribution in [3.05, 3.63) is 47.0 Å². The zero-order chi connectivity index (χ0) is 34.0. The molecule has 0 aromatic heterocycles. The Balaban J connectivity index is 1.83. The van der Waals surface area contributed by atoms with Crippen LogP contribution in [0.15, 0.2) is 41.5 Å². The molecule has 1 aromatic carbocycles. The summed E-state index contributed by atoms with van der Waals surface area (Å²) >= 11 is 0. The Kier molecular flexibility index (Phi) is 9.25. The quantitative estimate of drug-likeness (QED) is 0.184. The summed E-state index contributed by atoms with van der Waals surface area (Å²) in [6.07, 6.45) is -7.03. The number of rotatable bonds is 8. The van der Waals surface area contributed by atoms with Gasteiger partial charge >= 0.3 is 11.9 Å². The fraction of sp³-hybridized carbons (Fsp3) is 0.714. The Morgan fingerprint density at radius 2 is 1.63 bits per heavy atom. The van der Waals surface area contributed by atoms with Crippen LogP contribution in [0.3, 0.4) is 0 Å². The number of hydrogen-bond donors (Lipinski definition) is 4. The third-order valence-electron chi connectivity index (χ3n) is 12.5. The minimum absolute atomic E-state index is 0.0644. The topological polar surface area (TPSA) is 152 Å². The Hall–Kier alpha value is -2.12. The van der Waals surface area contributed by atoms with Gasteiger partial charge in [0.05, 0.1) is 36.4 Å². The van der Waals surface area contributed by atoms with E-state index in [1.165, 1.54) is 6.92 Å². The summed E-state index contributed by atoms with van der Waals surface area (Å²) in [6, 6.07) is 10.8. The molecule has 9 unspecified atom stereocenters. The van der Waals surface area contributed by atoms with Gasteiger partial charge in [0, 0.05) is 30.6 Å². The fourth-order valence-corrected chi connectivity index (χ4v) is 12.3. The third-order valence-corrected chi connectivity index (χ3v) is 17.1. The van der Waals surface area contributed by atoms with Gasteiger partial charge in [-0.2, -0.15) is 0 Å². The van der Waals surface area contributed by atoms with Crippen LogP contribution in [0.1, 0.15) is 78.6 Å². The van der Waals surface area contributed by atoms with Crippen LogP contribution in [0.25, 0.3) is 0 Å². The number of benzene rings is 1. The molecule has 1 saturated heterocycles. The van der Waals surface area contributed by atoms with Gasteiger partial charge in [-0.3, -0.25) is 4.79 Å². The molecule has 2 bridgehead atoms. The summed E-state index contributed by atoms with van der Waals surface area (Å²) in [5.74, 6) is -2.41. The molecule has 3 aliphatic carbocycles. The van der Waals surface area contributed by atoms with Crippen molar-refractivity contribution in [2.45, 2.75) is 134 Å². The summed E-state index contributed by atoms with van der Waals surface area (Å²) in [5.41, 5.74) is -5.16. The van der Waals surface area contributed by atoms with Crippen LogP contribution in [0, 0.1) is 16.7 Å². The second-order valence-corrected chi connectivity index (χ2v) is 19.4. The van der Waals surface area contributed by atoms with E-state index in [0.717, 1.165) is 18.1 Å². The molecule has 10 atom stereocenters. The highest BCUT2D eigenvalue weighted by Gasteiger charge is 2.78. The summed E-state index contributed by atoms with van der Waals surface area (Å²) in [7, 11) is -2.38. The predicted molar refractivity (Wildman–Crippen MR) is 172 cm³/mol. The van der Waals surface area contributed by atoms with E-state index >= 15 is 0 Å². The second-order valence-electron chi connectivity index (χ2n) is 14.7. The third kappa shape index (κ3) is 4.95. The molecule has 10 nitrogen and oxygen atoms in total. The molecule has 5 rings (SSSR count). The van der Waals surface area contributed by atoms with Gasteiger partial charge in [-0.25, -0.2) is 4.79 Å². The molecule has 2 saturated carbocycles. The average molecular weight is 661 g/mol. The molecule has 0 radical (unpaired) electrons. The van der Waals surface area contributed by atoms with Crippen LogP contribution in [-0.2, 0) is 23.4 Å². The van der Waals surface area contributed by atoms with Crippen LogP contribution in [0.4, 0.5) is 0 Å². The molecular formula is C35H52O10Si. The molecule has 0 spiro atoms. The van der Waals surface area contributed by atoms with E-state index < -0.39 is 84.8 Å². The first-order valence-electron chi connectivity index (χ1n) is 16.7. The van der Waals surface area contributed by atoms with Gasteiger partial charge in [0.15, 0.2) is 13.9 Å². The van der Waals surface area contributed by atoms with Crippen molar-refractivity contribution >= 4 is 20.3 Å². The molecule has 1 heterocycles. The second kappa shape index (κ2) is 12.1. The first kappa shape index (κ1) is 35.2. The lowest BCUT2D eigenvalue weighted by atomic mass is 9.44. The van der Waals surface area contributed by atoms with Gasteiger partial charge < -0.3 is 39.1 Å². The molecule has 0 amide bonds. The van der Waals surface area contributed by atoms with E-state index in [0.29, 0.717) is 11.1 Å². The van der Waals surface area contributed by atoms with Gasteiger partial charge in [0.2, 0.25) is 0 Å². The van der Waals surface area contributed by atoms with E-state index in [2.05, 4.69) is 20.8 Å². The maximum Gasteiger partial charge on any atom is 0.338 e. The molecule has 46 heavy (non-hydrogen) atoms. The van der Waals surface area contributed by atoms with Crippen molar-refractivity contribution in [3.63, 3.8) is 0 Å². The Labute approximate surface area is 273 Å². The molecule has 1 aromatic rings. The monoisotopic (exact) mass is 660 g/mol. The van der Waals surface area contributed by atoms with Crippen LogP contribution in [0.5, 0.6) is 0 Å². The molecular weight excluding hydrogens is 608 g/mol. The van der Waals surface area contributed by atoms with Crippen molar-refractivity contribution in [1.29, 1.82) is 0 Å². The minimum atomic E-state index is -2.38. The normalized spacial score (nSPS) is 40.0. The van der Waals surface area contributed by atoms with Crippen molar-refractivity contribution in [1.82, 2.24) is 0 Å². The number of carbonyl (C=O) groups excluding carboxylic acids is 2. The standard InChI is InChI=1S/C35H52O10Si/c1-9-46(10-2,11-3)45-24-17-25-34(19-42-25,44-21(5)36)28-30(43-31(40)22-15-13-12-14-16-22)35(41)18-23(37)20(4)26(32(35,6)7)27(38)29(39)33(24,28)8/h12-16,23-25,27-30,37-39,41H,9-11,17-19H2,1-8H3/t23?,24?,25?,27?,28?,29?,30?,33-,34?,35?/m1/s1. The van der Waals surface area contributed by atoms with Gasteiger partial charge in [-0.15, -0.1) is 0 Å². The van der Waals surface area contributed by atoms with E-state index in [1.54, 1.807) is 58.0 Å². The highest BCUT2D eigenvalue weighted by molar-refractivity contribution is 6.73. The molecule has 4 aliphatic rings. The van der Waals surface area contributed by atoms with E-state index in [1.807, 2.05) is 0 Å².